The van der Waals surface area contributed by atoms with Crippen molar-refractivity contribution >= 4 is 11.9 Å². The molecule has 0 radical (unpaired) electrons. The van der Waals surface area contributed by atoms with E-state index >= 15 is 0 Å². The second-order valence-electron chi connectivity index (χ2n) is 4.67. The Labute approximate surface area is 129 Å². The van der Waals surface area contributed by atoms with Gasteiger partial charge in [0, 0.05) is 19.2 Å². The Hall–Kier alpha value is -1.96. The van der Waals surface area contributed by atoms with Crippen molar-refractivity contribution in [2.24, 2.45) is 0 Å². The van der Waals surface area contributed by atoms with Gasteiger partial charge in [-0.2, -0.15) is 0 Å². The Kier molecular flexibility index (Phi) is 8.13. The van der Waals surface area contributed by atoms with Crippen LogP contribution in [0.2, 0.25) is 0 Å². The summed E-state index contributed by atoms with van der Waals surface area (Å²) in [4.78, 5) is 23.0. The van der Waals surface area contributed by atoms with Crippen LogP contribution in [-0.4, -0.2) is 50.1 Å². The number of hydrogen-bond donors (Lipinski definition) is 3. The topological polar surface area (TPSA) is 96.9 Å². The van der Waals surface area contributed by atoms with Crippen LogP contribution in [0.4, 0.5) is 0 Å². The van der Waals surface area contributed by atoms with Gasteiger partial charge in [0.25, 0.3) is 5.91 Å². The van der Waals surface area contributed by atoms with E-state index in [1.165, 1.54) is 7.11 Å². The summed E-state index contributed by atoms with van der Waals surface area (Å²) in [7, 11) is 1.41. The van der Waals surface area contributed by atoms with Crippen molar-refractivity contribution in [2.75, 3.05) is 26.9 Å². The van der Waals surface area contributed by atoms with E-state index in [0.717, 1.165) is 5.56 Å². The third kappa shape index (κ3) is 7.16. The second-order valence-corrected chi connectivity index (χ2v) is 4.67. The van der Waals surface area contributed by atoms with Crippen LogP contribution in [0.25, 0.3) is 0 Å². The maximum absolute atomic E-state index is 12.0. The Morgan fingerprint density at radius 1 is 1.36 bits per heavy atom. The lowest BCUT2D eigenvalue weighted by atomic mass is 10.1. The van der Waals surface area contributed by atoms with Gasteiger partial charge in [0.15, 0.2) is 0 Å². The molecule has 0 saturated heterocycles. The zero-order chi connectivity index (χ0) is 16.4. The third-order valence-electron chi connectivity index (χ3n) is 2.70. The zero-order valence-corrected chi connectivity index (χ0v) is 12.8. The molecule has 1 amide bonds. The standard InChI is InChI=1S/C15H22N2O5/c1-11(18)17-9-12-4-3-5-13(8-12)15(20)16-6-7-22-14(19)10-21-2/h3-5,8,11,17-18H,6-7,9-10H2,1-2H3,(H,16,20)/t11-/m1/s1. The van der Waals surface area contributed by atoms with Gasteiger partial charge in [-0.05, 0) is 24.6 Å². The minimum absolute atomic E-state index is 0.0945. The molecular formula is C15H22N2O5. The number of nitrogens with one attached hydrogen (secondary N) is 2. The fraction of sp³-hybridized carbons (Fsp3) is 0.467. The first-order valence-corrected chi connectivity index (χ1v) is 6.96. The first-order valence-electron chi connectivity index (χ1n) is 6.96. The highest BCUT2D eigenvalue weighted by Crippen LogP contribution is 2.05. The number of aliphatic hydroxyl groups is 1. The number of amides is 1. The molecule has 122 valence electrons. The van der Waals surface area contributed by atoms with Crippen molar-refractivity contribution in [1.82, 2.24) is 10.6 Å². The molecule has 1 atom stereocenters. The molecule has 3 N–H and O–H groups in total. The lowest BCUT2D eigenvalue weighted by Crippen LogP contribution is -2.29. The van der Waals surface area contributed by atoms with E-state index in [0.29, 0.717) is 12.1 Å². The number of rotatable bonds is 9. The number of ether oxygens (including phenoxy) is 2. The van der Waals surface area contributed by atoms with E-state index in [1.807, 2.05) is 6.07 Å². The summed E-state index contributed by atoms with van der Waals surface area (Å²) in [6.45, 7) is 2.31. The van der Waals surface area contributed by atoms with Gasteiger partial charge in [-0.1, -0.05) is 12.1 Å². The molecule has 0 heterocycles. The molecule has 0 aliphatic heterocycles. The number of carbonyl (C=O) groups is 2. The largest absolute Gasteiger partial charge is 0.462 e. The summed E-state index contributed by atoms with van der Waals surface area (Å²) < 4.78 is 9.46. The lowest BCUT2D eigenvalue weighted by molar-refractivity contribution is -0.147. The highest BCUT2D eigenvalue weighted by Gasteiger charge is 2.07. The summed E-state index contributed by atoms with van der Waals surface area (Å²) in [5.41, 5.74) is 1.40. The van der Waals surface area contributed by atoms with E-state index in [1.54, 1.807) is 25.1 Å². The van der Waals surface area contributed by atoms with Crippen molar-refractivity contribution < 1.29 is 24.2 Å². The molecule has 1 aromatic rings. The van der Waals surface area contributed by atoms with Crippen LogP contribution in [0, 0.1) is 0 Å². The molecule has 0 spiro atoms. The average Bonchev–Trinajstić information content (AvgIpc) is 2.50. The summed E-state index contributed by atoms with van der Waals surface area (Å²) in [5, 5.41) is 14.7. The fourth-order valence-electron chi connectivity index (χ4n) is 1.68. The van der Waals surface area contributed by atoms with Crippen LogP contribution < -0.4 is 10.6 Å². The van der Waals surface area contributed by atoms with Crippen LogP contribution in [0.5, 0.6) is 0 Å². The Balaban J connectivity index is 2.38. The molecule has 1 aromatic carbocycles. The van der Waals surface area contributed by atoms with Gasteiger partial charge in [0.2, 0.25) is 0 Å². The van der Waals surface area contributed by atoms with Crippen molar-refractivity contribution in [2.45, 2.75) is 19.7 Å². The van der Waals surface area contributed by atoms with E-state index in [4.69, 9.17) is 4.74 Å². The third-order valence-corrected chi connectivity index (χ3v) is 2.70. The van der Waals surface area contributed by atoms with E-state index in [2.05, 4.69) is 15.4 Å². The number of hydrogen-bond acceptors (Lipinski definition) is 6. The van der Waals surface area contributed by atoms with Crippen LogP contribution >= 0.6 is 0 Å². The number of methoxy groups -OCH3 is 1. The van der Waals surface area contributed by atoms with Gasteiger partial charge in [-0.25, -0.2) is 4.79 Å². The minimum Gasteiger partial charge on any atom is -0.462 e. The fourth-order valence-corrected chi connectivity index (χ4v) is 1.68. The Morgan fingerprint density at radius 2 is 2.14 bits per heavy atom. The first kappa shape index (κ1) is 18.1. The molecular weight excluding hydrogens is 288 g/mol. The van der Waals surface area contributed by atoms with Crippen molar-refractivity contribution in [1.29, 1.82) is 0 Å². The van der Waals surface area contributed by atoms with Gasteiger partial charge in [0.1, 0.15) is 19.4 Å². The van der Waals surface area contributed by atoms with Gasteiger partial charge in [-0.3, -0.25) is 10.1 Å². The average molecular weight is 310 g/mol. The quantitative estimate of drug-likeness (QED) is 0.338. The van der Waals surface area contributed by atoms with Gasteiger partial charge in [0.05, 0.1) is 6.54 Å². The van der Waals surface area contributed by atoms with Crippen molar-refractivity contribution in [3.8, 4) is 0 Å². The molecule has 0 fully saturated rings. The maximum atomic E-state index is 12.0. The zero-order valence-electron chi connectivity index (χ0n) is 12.8. The molecule has 1 rings (SSSR count). The predicted octanol–water partition coefficient (Wildman–Crippen LogP) is 0.0339. The highest BCUT2D eigenvalue weighted by atomic mass is 16.6. The molecule has 0 aromatic heterocycles. The van der Waals surface area contributed by atoms with Crippen LogP contribution in [0.15, 0.2) is 24.3 Å². The van der Waals surface area contributed by atoms with E-state index < -0.39 is 12.2 Å². The number of aliphatic hydroxyl groups excluding tert-OH is 1. The SMILES string of the molecule is COCC(=O)OCCNC(=O)c1cccc(CN[C@@H](C)O)c1. The normalized spacial score (nSPS) is 11.8. The number of benzene rings is 1. The molecule has 0 aliphatic carbocycles. The smallest absolute Gasteiger partial charge is 0.332 e. The lowest BCUT2D eigenvalue weighted by Gasteiger charge is -2.09. The predicted molar refractivity (Wildman–Crippen MR) is 80.1 cm³/mol. The van der Waals surface area contributed by atoms with E-state index in [-0.39, 0.29) is 25.7 Å². The minimum atomic E-state index is -0.612. The monoisotopic (exact) mass is 310 g/mol. The van der Waals surface area contributed by atoms with Crippen molar-refractivity contribution in [3.05, 3.63) is 35.4 Å². The van der Waals surface area contributed by atoms with E-state index in [9.17, 15) is 14.7 Å². The molecule has 0 bridgehead atoms. The summed E-state index contributed by atoms with van der Waals surface area (Å²) in [6.07, 6.45) is -0.612. The molecule has 7 nitrogen and oxygen atoms in total. The summed E-state index contributed by atoms with van der Waals surface area (Å²) in [6, 6.07) is 7.06. The van der Waals surface area contributed by atoms with Gasteiger partial charge >= 0.3 is 5.97 Å². The van der Waals surface area contributed by atoms with Crippen LogP contribution in [-0.2, 0) is 20.8 Å². The Morgan fingerprint density at radius 3 is 2.82 bits per heavy atom. The first-order chi connectivity index (χ1) is 10.5. The molecule has 0 aliphatic rings. The summed E-state index contributed by atoms with van der Waals surface area (Å²) in [5.74, 6) is -0.718. The molecule has 0 saturated carbocycles. The maximum Gasteiger partial charge on any atom is 0.332 e. The Bertz CT molecular complexity index is 491. The summed E-state index contributed by atoms with van der Waals surface area (Å²) >= 11 is 0. The number of esters is 1. The molecule has 7 heteroatoms. The highest BCUT2D eigenvalue weighted by molar-refractivity contribution is 5.94. The van der Waals surface area contributed by atoms with Crippen molar-refractivity contribution in [3.63, 3.8) is 0 Å². The van der Waals surface area contributed by atoms with Crippen LogP contribution in [0.3, 0.4) is 0 Å². The number of carbonyl (C=O) groups excluding carboxylic acids is 2. The van der Waals surface area contributed by atoms with Gasteiger partial charge < -0.3 is 19.9 Å². The molecule has 22 heavy (non-hydrogen) atoms. The van der Waals surface area contributed by atoms with Gasteiger partial charge in [-0.15, -0.1) is 0 Å². The second kappa shape index (κ2) is 9.88. The van der Waals surface area contributed by atoms with Crippen LogP contribution in [0.1, 0.15) is 22.8 Å². The molecule has 0 unspecified atom stereocenters.